The van der Waals surface area contributed by atoms with E-state index in [4.69, 9.17) is 4.52 Å². The molecule has 0 bridgehead atoms. The van der Waals surface area contributed by atoms with Crippen LogP contribution >= 0.6 is 0 Å². The van der Waals surface area contributed by atoms with Crippen molar-refractivity contribution in [2.24, 2.45) is 0 Å². The fourth-order valence-corrected chi connectivity index (χ4v) is 2.89. The molecule has 1 aromatic heterocycles. The molecule has 0 saturated heterocycles. The summed E-state index contributed by atoms with van der Waals surface area (Å²) >= 11 is 0. The molecule has 0 saturated carbocycles. The SMILES string of the molecule is Cc1cc(C(=O)Nc2ccc3c(c2)Cc2ccccc2-3)no1. The lowest BCUT2D eigenvalue weighted by molar-refractivity contribution is 0.101. The number of amides is 1. The van der Waals surface area contributed by atoms with Crippen molar-refractivity contribution < 1.29 is 9.32 Å². The summed E-state index contributed by atoms with van der Waals surface area (Å²) in [4.78, 5) is 12.1. The van der Waals surface area contributed by atoms with Crippen LogP contribution in [0.1, 0.15) is 27.4 Å². The molecule has 2 aromatic carbocycles. The Hall–Kier alpha value is -2.88. The number of rotatable bonds is 2. The molecule has 4 rings (SSSR count). The second-order valence-electron chi connectivity index (χ2n) is 5.48. The zero-order valence-corrected chi connectivity index (χ0v) is 12.1. The number of hydrogen-bond acceptors (Lipinski definition) is 3. The van der Waals surface area contributed by atoms with Gasteiger partial charge >= 0.3 is 0 Å². The summed E-state index contributed by atoms with van der Waals surface area (Å²) in [5.74, 6) is 0.363. The van der Waals surface area contributed by atoms with Gasteiger partial charge in [0.25, 0.3) is 5.91 Å². The van der Waals surface area contributed by atoms with Crippen LogP contribution in [0.15, 0.2) is 53.1 Å². The van der Waals surface area contributed by atoms with E-state index >= 15 is 0 Å². The van der Waals surface area contributed by atoms with Gasteiger partial charge in [0.1, 0.15) is 5.76 Å². The molecule has 4 heteroatoms. The number of nitrogens with zero attached hydrogens (tertiary/aromatic N) is 1. The average Bonchev–Trinajstić information content (AvgIpc) is 3.10. The summed E-state index contributed by atoms with van der Waals surface area (Å²) in [6.45, 7) is 1.76. The summed E-state index contributed by atoms with van der Waals surface area (Å²) in [6, 6.07) is 16.0. The zero-order valence-electron chi connectivity index (χ0n) is 12.1. The van der Waals surface area contributed by atoms with E-state index in [1.54, 1.807) is 13.0 Å². The third-order valence-corrected chi connectivity index (χ3v) is 3.91. The first-order chi connectivity index (χ1) is 10.7. The normalized spacial score (nSPS) is 11.9. The Morgan fingerprint density at radius 1 is 1.09 bits per heavy atom. The minimum Gasteiger partial charge on any atom is -0.361 e. The molecule has 108 valence electrons. The van der Waals surface area contributed by atoms with Gasteiger partial charge in [0.2, 0.25) is 0 Å². The van der Waals surface area contributed by atoms with Crippen molar-refractivity contribution in [1.29, 1.82) is 0 Å². The Balaban J connectivity index is 1.61. The number of hydrogen-bond donors (Lipinski definition) is 1. The van der Waals surface area contributed by atoms with Gasteiger partial charge in [0, 0.05) is 11.8 Å². The lowest BCUT2D eigenvalue weighted by Gasteiger charge is -2.06. The third-order valence-electron chi connectivity index (χ3n) is 3.91. The first-order valence-electron chi connectivity index (χ1n) is 7.16. The molecule has 1 N–H and O–H groups in total. The van der Waals surface area contributed by atoms with Crippen LogP contribution in [-0.2, 0) is 6.42 Å². The molecule has 0 aliphatic heterocycles. The van der Waals surface area contributed by atoms with Gasteiger partial charge in [0.15, 0.2) is 5.69 Å². The molecule has 0 fully saturated rings. The first-order valence-corrected chi connectivity index (χ1v) is 7.16. The Kier molecular flexibility index (Phi) is 2.82. The monoisotopic (exact) mass is 290 g/mol. The van der Waals surface area contributed by atoms with Crippen LogP contribution < -0.4 is 5.32 Å². The maximum atomic E-state index is 12.1. The maximum absolute atomic E-state index is 12.1. The van der Waals surface area contributed by atoms with Crippen LogP contribution in [0.3, 0.4) is 0 Å². The highest BCUT2D eigenvalue weighted by Crippen LogP contribution is 2.37. The van der Waals surface area contributed by atoms with Crippen molar-refractivity contribution in [1.82, 2.24) is 5.16 Å². The standard InChI is InChI=1S/C18H14N2O2/c1-11-8-17(20-22-11)18(21)19-14-6-7-16-13(10-14)9-12-4-2-3-5-15(12)16/h2-8,10H,9H2,1H3,(H,19,21). The van der Waals surface area contributed by atoms with E-state index in [1.807, 2.05) is 12.1 Å². The van der Waals surface area contributed by atoms with Crippen molar-refractivity contribution in [3.63, 3.8) is 0 Å². The fourth-order valence-electron chi connectivity index (χ4n) is 2.89. The van der Waals surface area contributed by atoms with E-state index < -0.39 is 0 Å². The quantitative estimate of drug-likeness (QED) is 0.611. The van der Waals surface area contributed by atoms with Crippen molar-refractivity contribution in [3.8, 4) is 11.1 Å². The Morgan fingerprint density at radius 2 is 1.91 bits per heavy atom. The van der Waals surface area contributed by atoms with E-state index in [9.17, 15) is 4.79 Å². The maximum Gasteiger partial charge on any atom is 0.277 e. The molecule has 1 amide bonds. The second-order valence-corrected chi connectivity index (χ2v) is 5.48. The molecule has 1 heterocycles. The summed E-state index contributed by atoms with van der Waals surface area (Å²) in [7, 11) is 0. The smallest absolute Gasteiger partial charge is 0.277 e. The number of carbonyl (C=O) groups is 1. The van der Waals surface area contributed by atoms with E-state index in [1.165, 1.54) is 22.3 Å². The number of benzene rings is 2. The third kappa shape index (κ3) is 2.09. The molecule has 3 aromatic rings. The average molecular weight is 290 g/mol. The summed E-state index contributed by atoms with van der Waals surface area (Å²) in [5, 5.41) is 6.60. The van der Waals surface area contributed by atoms with Gasteiger partial charge in [-0.3, -0.25) is 4.79 Å². The molecule has 1 aliphatic rings. The highest BCUT2D eigenvalue weighted by Gasteiger charge is 2.18. The molecule has 22 heavy (non-hydrogen) atoms. The predicted octanol–water partition coefficient (Wildman–Crippen LogP) is 3.81. The number of nitrogens with one attached hydrogen (secondary N) is 1. The molecule has 1 aliphatic carbocycles. The largest absolute Gasteiger partial charge is 0.361 e. The lowest BCUT2D eigenvalue weighted by atomic mass is 10.1. The van der Waals surface area contributed by atoms with Gasteiger partial charge in [-0.2, -0.15) is 0 Å². The molecule has 0 radical (unpaired) electrons. The van der Waals surface area contributed by atoms with Crippen LogP contribution in [0.2, 0.25) is 0 Å². The number of aromatic nitrogens is 1. The minimum atomic E-state index is -0.257. The van der Waals surface area contributed by atoms with Gasteiger partial charge in [-0.1, -0.05) is 35.5 Å². The number of anilines is 1. The topological polar surface area (TPSA) is 55.1 Å². The van der Waals surface area contributed by atoms with Crippen LogP contribution in [0, 0.1) is 6.92 Å². The summed E-state index contributed by atoms with van der Waals surface area (Å²) < 4.78 is 4.93. The highest BCUT2D eigenvalue weighted by atomic mass is 16.5. The summed E-state index contributed by atoms with van der Waals surface area (Å²) in [6.07, 6.45) is 0.901. The van der Waals surface area contributed by atoms with Crippen LogP contribution in [-0.4, -0.2) is 11.1 Å². The highest BCUT2D eigenvalue weighted by molar-refractivity contribution is 6.03. The minimum absolute atomic E-state index is 0.257. The number of aryl methyl sites for hydroxylation is 1. The van der Waals surface area contributed by atoms with Gasteiger partial charge in [-0.25, -0.2) is 0 Å². The van der Waals surface area contributed by atoms with Gasteiger partial charge in [0.05, 0.1) is 0 Å². The Bertz CT molecular complexity index is 880. The Labute approximate surface area is 127 Å². The molecular formula is C18H14N2O2. The second kappa shape index (κ2) is 4.84. The van der Waals surface area contributed by atoms with Gasteiger partial charge in [-0.15, -0.1) is 0 Å². The summed E-state index contributed by atoms with van der Waals surface area (Å²) in [5.41, 5.74) is 6.15. The van der Waals surface area contributed by atoms with Crippen LogP contribution in [0.4, 0.5) is 5.69 Å². The fraction of sp³-hybridized carbons (Fsp3) is 0.111. The Morgan fingerprint density at radius 3 is 2.73 bits per heavy atom. The molecule has 0 spiro atoms. The van der Waals surface area contributed by atoms with E-state index in [0.29, 0.717) is 11.5 Å². The molecule has 0 unspecified atom stereocenters. The van der Waals surface area contributed by atoms with Crippen molar-refractivity contribution in [3.05, 3.63) is 71.1 Å². The van der Waals surface area contributed by atoms with Crippen molar-refractivity contribution in [2.45, 2.75) is 13.3 Å². The first kappa shape index (κ1) is 12.8. The van der Waals surface area contributed by atoms with Gasteiger partial charge in [-0.05, 0) is 47.7 Å². The van der Waals surface area contributed by atoms with E-state index in [0.717, 1.165) is 12.1 Å². The number of fused-ring (bicyclic) bond motifs is 3. The van der Waals surface area contributed by atoms with Crippen molar-refractivity contribution >= 4 is 11.6 Å². The molecule has 4 nitrogen and oxygen atoms in total. The van der Waals surface area contributed by atoms with Gasteiger partial charge < -0.3 is 9.84 Å². The lowest BCUT2D eigenvalue weighted by Crippen LogP contribution is -2.12. The van der Waals surface area contributed by atoms with E-state index in [-0.39, 0.29) is 5.91 Å². The van der Waals surface area contributed by atoms with Crippen molar-refractivity contribution in [2.75, 3.05) is 5.32 Å². The molecular weight excluding hydrogens is 276 g/mol. The molecule has 0 atom stereocenters. The van der Waals surface area contributed by atoms with Crippen LogP contribution in [0.25, 0.3) is 11.1 Å². The van der Waals surface area contributed by atoms with E-state index in [2.05, 4.69) is 40.8 Å². The van der Waals surface area contributed by atoms with Crippen LogP contribution in [0.5, 0.6) is 0 Å². The zero-order chi connectivity index (χ0) is 15.1. The number of carbonyl (C=O) groups excluding carboxylic acids is 1. The predicted molar refractivity (Wildman–Crippen MR) is 83.9 cm³/mol.